The number of aromatic nitrogens is 2. The number of aliphatic hydroxyl groups excluding tert-OH is 1. The molecule has 96 valence electrons. The van der Waals surface area contributed by atoms with Crippen LogP contribution in [0.2, 0.25) is 0 Å². The second-order valence-electron chi connectivity index (χ2n) is 4.22. The molecule has 0 spiro atoms. The maximum atomic E-state index is 9.53. The molecule has 0 saturated heterocycles. The normalized spacial score (nSPS) is 12.7. The highest BCUT2D eigenvalue weighted by molar-refractivity contribution is 9.10. The molecule has 0 aliphatic rings. The molecule has 0 unspecified atom stereocenters. The highest BCUT2D eigenvalue weighted by atomic mass is 79.9. The number of hydrogen-bond acceptors (Lipinski definition) is 3. The maximum Gasteiger partial charge on any atom is 0.0987 e. The number of aryl methyl sites for hydroxylation is 2. The first-order valence-electron chi connectivity index (χ1n) is 5.63. The number of halogens is 1. The summed E-state index contributed by atoms with van der Waals surface area (Å²) in [5, 5.41) is 15.0. The standard InChI is InChI=1S/C13H15BrN2OS/c1-8-6-13(16(3)15-8)18-12-5-4-10(9(2)17)7-11(12)14/h4-7,9,17H,1-3H3/t9-/m1/s1. The van der Waals surface area contributed by atoms with Crippen LogP contribution in [0.15, 0.2) is 38.7 Å². The van der Waals surface area contributed by atoms with Gasteiger partial charge in [0.2, 0.25) is 0 Å². The van der Waals surface area contributed by atoms with Crippen LogP contribution < -0.4 is 0 Å². The van der Waals surface area contributed by atoms with Crippen LogP contribution in [0.25, 0.3) is 0 Å². The molecule has 0 aliphatic heterocycles. The Kier molecular flexibility index (Phi) is 4.14. The van der Waals surface area contributed by atoms with E-state index in [-0.39, 0.29) is 0 Å². The molecule has 5 heteroatoms. The van der Waals surface area contributed by atoms with E-state index >= 15 is 0 Å². The molecule has 0 aliphatic carbocycles. The van der Waals surface area contributed by atoms with Crippen molar-refractivity contribution in [2.24, 2.45) is 7.05 Å². The van der Waals surface area contributed by atoms with Gasteiger partial charge in [-0.2, -0.15) is 5.10 Å². The van der Waals surface area contributed by atoms with Gasteiger partial charge in [-0.15, -0.1) is 0 Å². The molecule has 1 atom stereocenters. The number of hydrogen-bond donors (Lipinski definition) is 1. The van der Waals surface area contributed by atoms with Crippen LogP contribution in [0.1, 0.15) is 24.3 Å². The largest absolute Gasteiger partial charge is 0.389 e. The van der Waals surface area contributed by atoms with Gasteiger partial charge in [0.15, 0.2) is 0 Å². The lowest BCUT2D eigenvalue weighted by Gasteiger charge is -2.09. The summed E-state index contributed by atoms with van der Waals surface area (Å²) >= 11 is 5.20. The van der Waals surface area contributed by atoms with Gasteiger partial charge in [-0.05, 0) is 53.5 Å². The Bertz CT molecular complexity index is 566. The van der Waals surface area contributed by atoms with Gasteiger partial charge < -0.3 is 5.11 Å². The van der Waals surface area contributed by atoms with Gasteiger partial charge >= 0.3 is 0 Å². The van der Waals surface area contributed by atoms with Crippen LogP contribution in [0.3, 0.4) is 0 Å². The van der Waals surface area contributed by atoms with Crippen LogP contribution in [0, 0.1) is 6.92 Å². The van der Waals surface area contributed by atoms with Crippen molar-refractivity contribution in [1.29, 1.82) is 0 Å². The average molecular weight is 327 g/mol. The molecule has 1 aromatic carbocycles. The minimum absolute atomic E-state index is 0.445. The van der Waals surface area contributed by atoms with Crippen molar-refractivity contribution < 1.29 is 5.11 Å². The molecule has 1 aromatic heterocycles. The summed E-state index contributed by atoms with van der Waals surface area (Å²) in [6, 6.07) is 7.97. The quantitative estimate of drug-likeness (QED) is 0.934. The van der Waals surface area contributed by atoms with Crippen molar-refractivity contribution in [1.82, 2.24) is 9.78 Å². The summed E-state index contributed by atoms with van der Waals surface area (Å²) in [5.74, 6) is 0. The number of aliphatic hydroxyl groups is 1. The topological polar surface area (TPSA) is 38.0 Å². The van der Waals surface area contributed by atoms with Gasteiger partial charge in [0.25, 0.3) is 0 Å². The Labute approximate surface area is 119 Å². The molecule has 1 N–H and O–H groups in total. The van der Waals surface area contributed by atoms with Crippen LogP contribution in [-0.4, -0.2) is 14.9 Å². The van der Waals surface area contributed by atoms with Gasteiger partial charge in [-0.1, -0.05) is 17.8 Å². The lowest BCUT2D eigenvalue weighted by molar-refractivity contribution is 0.199. The molecule has 2 aromatic rings. The van der Waals surface area contributed by atoms with Gasteiger partial charge in [0.1, 0.15) is 0 Å². The van der Waals surface area contributed by atoms with E-state index < -0.39 is 6.10 Å². The molecule has 0 bridgehead atoms. The van der Waals surface area contributed by atoms with E-state index in [1.165, 1.54) is 0 Å². The average Bonchev–Trinajstić information content (AvgIpc) is 2.60. The zero-order chi connectivity index (χ0) is 13.3. The Morgan fingerprint density at radius 2 is 2.11 bits per heavy atom. The van der Waals surface area contributed by atoms with Crippen molar-refractivity contribution in [3.05, 3.63) is 40.0 Å². The molecule has 3 nitrogen and oxygen atoms in total. The first kappa shape index (κ1) is 13.6. The predicted molar refractivity (Wildman–Crippen MR) is 76.8 cm³/mol. The van der Waals surface area contributed by atoms with E-state index in [1.807, 2.05) is 36.9 Å². The Balaban J connectivity index is 2.27. The SMILES string of the molecule is Cc1cc(Sc2ccc([C@@H](C)O)cc2Br)n(C)n1. The van der Waals surface area contributed by atoms with Crippen LogP contribution >= 0.6 is 27.7 Å². The number of benzene rings is 1. The van der Waals surface area contributed by atoms with E-state index in [0.29, 0.717) is 0 Å². The lowest BCUT2D eigenvalue weighted by atomic mass is 10.1. The first-order chi connectivity index (χ1) is 8.47. The third-order valence-corrected chi connectivity index (χ3v) is 4.70. The van der Waals surface area contributed by atoms with E-state index in [9.17, 15) is 5.11 Å². The Hall–Kier alpha value is -0.780. The van der Waals surface area contributed by atoms with Crippen LogP contribution in [0.5, 0.6) is 0 Å². The van der Waals surface area contributed by atoms with Crippen molar-refractivity contribution in [2.45, 2.75) is 29.9 Å². The monoisotopic (exact) mass is 326 g/mol. The molecule has 0 radical (unpaired) electrons. The van der Waals surface area contributed by atoms with Crippen molar-refractivity contribution in [3.63, 3.8) is 0 Å². The minimum Gasteiger partial charge on any atom is -0.389 e. The summed E-state index contributed by atoms with van der Waals surface area (Å²) < 4.78 is 2.86. The molecular weight excluding hydrogens is 312 g/mol. The molecule has 0 fully saturated rings. The Morgan fingerprint density at radius 1 is 1.39 bits per heavy atom. The highest BCUT2D eigenvalue weighted by Crippen LogP contribution is 2.35. The third-order valence-electron chi connectivity index (χ3n) is 2.61. The van der Waals surface area contributed by atoms with E-state index in [1.54, 1.807) is 18.7 Å². The zero-order valence-electron chi connectivity index (χ0n) is 10.5. The fourth-order valence-electron chi connectivity index (χ4n) is 1.65. The second-order valence-corrected chi connectivity index (χ2v) is 6.13. The summed E-state index contributed by atoms with van der Waals surface area (Å²) in [7, 11) is 1.94. The highest BCUT2D eigenvalue weighted by Gasteiger charge is 2.09. The van der Waals surface area contributed by atoms with Gasteiger partial charge in [0.05, 0.1) is 16.8 Å². The molecule has 18 heavy (non-hydrogen) atoms. The fraction of sp³-hybridized carbons (Fsp3) is 0.308. The van der Waals surface area contributed by atoms with Crippen LogP contribution in [-0.2, 0) is 7.05 Å². The van der Waals surface area contributed by atoms with Crippen molar-refractivity contribution >= 4 is 27.7 Å². The second kappa shape index (κ2) is 5.47. The minimum atomic E-state index is -0.445. The number of rotatable bonds is 3. The van der Waals surface area contributed by atoms with Gasteiger partial charge in [-0.25, -0.2) is 0 Å². The summed E-state index contributed by atoms with van der Waals surface area (Å²) in [6.45, 7) is 3.74. The third kappa shape index (κ3) is 2.96. The molecule has 0 saturated carbocycles. The van der Waals surface area contributed by atoms with Gasteiger partial charge in [-0.3, -0.25) is 4.68 Å². The molecular formula is C13H15BrN2OS. The van der Waals surface area contributed by atoms with E-state index in [4.69, 9.17) is 0 Å². The molecule has 2 rings (SSSR count). The smallest absolute Gasteiger partial charge is 0.0987 e. The molecule has 1 heterocycles. The van der Waals surface area contributed by atoms with E-state index in [0.717, 1.165) is 25.7 Å². The summed E-state index contributed by atoms with van der Waals surface area (Å²) in [6.07, 6.45) is -0.445. The predicted octanol–water partition coefficient (Wildman–Crippen LogP) is 3.70. The van der Waals surface area contributed by atoms with Crippen molar-refractivity contribution in [2.75, 3.05) is 0 Å². The first-order valence-corrected chi connectivity index (χ1v) is 7.24. The lowest BCUT2D eigenvalue weighted by Crippen LogP contribution is -1.93. The Morgan fingerprint density at radius 3 is 2.61 bits per heavy atom. The summed E-state index contributed by atoms with van der Waals surface area (Å²) in [4.78, 5) is 1.11. The van der Waals surface area contributed by atoms with Gasteiger partial charge in [0, 0.05) is 16.4 Å². The zero-order valence-corrected chi connectivity index (χ0v) is 12.9. The van der Waals surface area contributed by atoms with E-state index in [2.05, 4.69) is 27.1 Å². The summed E-state index contributed by atoms with van der Waals surface area (Å²) in [5.41, 5.74) is 1.92. The van der Waals surface area contributed by atoms with Crippen LogP contribution in [0.4, 0.5) is 0 Å². The maximum absolute atomic E-state index is 9.53. The molecule has 0 amide bonds. The number of nitrogens with zero attached hydrogens (tertiary/aromatic N) is 2. The fourth-order valence-corrected chi connectivity index (χ4v) is 3.21. The van der Waals surface area contributed by atoms with Crippen molar-refractivity contribution in [3.8, 4) is 0 Å².